The molecule has 146 valence electrons. The number of hydrogen-bond donors (Lipinski definition) is 1. The summed E-state index contributed by atoms with van der Waals surface area (Å²) in [5.41, 5.74) is -0.612. The molecule has 0 radical (unpaired) electrons. The highest BCUT2D eigenvalue weighted by Crippen LogP contribution is 2.41. The summed E-state index contributed by atoms with van der Waals surface area (Å²) < 4.78 is 13.5. The number of nitrogens with zero attached hydrogens (tertiary/aromatic N) is 3. The maximum Gasteiger partial charge on any atom is 0.256 e. The highest BCUT2D eigenvalue weighted by Gasteiger charge is 2.53. The fraction of sp³-hybridized carbons (Fsp3) is 0.650. The Balaban J connectivity index is 1.58. The molecule has 2 amide bonds. The number of aromatic nitrogens is 1. The van der Waals surface area contributed by atoms with E-state index in [-0.39, 0.29) is 29.5 Å². The highest BCUT2D eigenvalue weighted by atomic mass is 19.1. The summed E-state index contributed by atoms with van der Waals surface area (Å²) in [4.78, 5) is 34.0. The van der Waals surface area contributed by atoms with E-state index in [1.54, 1.807) is 4.90 Å². The van der Waals surface area contributed by atoms with Crippen LogP contribution in [0, 0.1) is 5.82 Å². The van der Waals surface area contributed by atoms with Crippen molar-refractivity contribution in [1.82, 2.24) is 14.8 Å². The van der Waals surface area contributed by atoms with Crippen molar-refractivity contribution in [2.45, 2.75) is 69.1 Å². The second-order valence-electron chi connectivity index (χ2n) is 8.05. The predicted octanol–water partition coefficient (Wildman–Crippen LogP) is 2.12. The molecular weight excluding hydrogens is 349 g/mol. The van der Waals surface area contributed by atoms with Gasteiger partial charge in [-0.2, -0.15) is 0 Å². The number of carbonyl (C=O) groups excluding carboxylic acids is 2. The Morgan fingerprint density at radius 2 is 1.85 bits per heavy atom. The standard InChI is InChI=1S/C20H26FN3O3/c21-15-11-14(12-22-13-15)18(26)24-10-2-8-20(24)7-1-9-23(19(20)27)16-3-5-17(25)6-4-16/h11-13,16-17,25H,1-10H2. The van der Waals surface area contributed by atoms with Crippen molar-refractivity contribution in [2.75, 3.05) is 13.1 Å². The number of aliphatic hydroxyl groups is 1. The maximum atomic E-state index is 13.5. The van der Waals surface area contributed by atoms with Crippen molar-refractivity contribution >= 4 is 11.8 Å². The number of piperidine rings is 1. The summed E-state index contributed by atoms with van der Waals surface area (Å²) in [6.07, 6.45) is 8.19. The first-order valence-electron chi connectivity index (χ1n) is 9.93. The average Bonchev–Trinajstić information content (AvgIpc) is 3.09. The number of carbonyl (C=O) groups is 2. The van der Waals surface area contributed by atoms with E-state index in [1.807, 2.05) is 4.90 Å². The third-order valence-corrected chi connectivity index (χ3v) is 6.44. The van der Waals surface area contributed by atoms with Gasteiger partial charge in [0.2, 0.25) is 5.91 Å². The molecule has 7 heteroatoms. The van der Waals surface area contributed by atoms with Gasteiger partial charge in [-0.15, -0.1) is 0 Å². The van der Waals surface area contributed by atoms with Gasteiger partial charge < -0.3 is 14.9 Å². The normalized spacial score (nSPS) is 31.6. The van der Waals surface area contributed by atoms with Crippen LogP contribution in [0.25, 0.3) is 0 Å². The lowest BCUT2D eigenvalue weighted by molar-refractivity contribution is -0.149. The zero-order chi connectivity index (χ0) is 19.0. The van der Waals surface area contributed by atoms with Crippen molar-refractivity contribution in [1.29, 1.82) is 0 Å². The van der Waals surface area contributed by atoms with Crippen molar-refractivity contribution < 1.29 is 19.1 Å². The van der Waals surface area contributed by atoms with Gasteiger partial charge in [0.1, 0.15) is 11.4 Å². The van der Waals surface area contributed by atoms with Crippen molar-refractivity contribution in [3.05, 3.63) is 29.8 Å². The smallest absolute Gasteiger partial charge is 0.256 e. The fourth-order valence-corrected chi connectivity index (χ4v) is 5.08. The molecule has 1 unspecified atom stereocenters. The molecule has 1 aromatic rings. The Bertz CT molecular complexity index is 735. The van der Waals surface area contributed by atoms with Gasteiger partial charge in [0, 0.05) is 25.3 Å². The molecule has 2 saturated heterocycles. The Hall–Kier alpha value is -2.02. The Morgan fingerprint density at radius 3 is 2.56 bits per heavy atom. The van der Waals surface area contributed by atoms with Crippen molar-refractivity contribution in [3.63, 3.8) is 0 Å². The topological polar surface area (TPSA) is 73.7 Å². The molecule has 3 aliphatic rings. The zero-order valence-corrected chi connectivity index (χ0v) is 15.4. The predicted molar refractivity (Wildman–Crippen MR) is 96.4 cm³/mol. The fourth-order valence-electron chi connectivity index (χ4n) is 5.08. The van der Waals surface area contributed by atoms with Crippen molar-refractivity contribution in [2.24, 2.45) is 0 Å². The van der Waals surface area contributed by atoms with Crippen LogP contribution in [0.3, 0.4) is 0 Å². The van der Waals surface area contributed by atoms with Crippen LogP contribution in [-0.2, 0) is 4.79 Å². The van der Waals surface area contributed by atoms with Crippen LogP contribution in [0.15, 0.2) is 18.5 Å². The van der Waals surface area contributed by atoms with E-state index in [1.165, 1.54) is 12.3 Å². The van der Waals surface area contributed by atoms with Crippen LogP contribution in [0.1, 0.15) is 61.7 Å². The molecule has 2 aliphatic heterocycles. The summed E-state index contributed by atoms with van der Waals surface area (Å²) in [6, 6.07) is 1.33. The molecule has 6 nitrogen and oxygen atoms in total. The molecule has 3 heterocycles. The van der Waals surface area contributed by atoms with E-state index in [4.69, 9.17) is 0 Å². The molecule has 1 aliphatic carbocycles. The Kier molecular flexibility index (Phi) is 4.88. The van der Waals surface area contributed by atoms with Gasteiger partial charge in [0.15, 0.2) is 0 Å². The van der Waals surface area contributed by atoms with Crippen LogP contribution in [0.5, 0.6) is 0 Å². The SMILES string of the molecule is O=C(c1cncc(F)c1)N1CCCC12CCCN(C1CCC(O)CC1)C2=O. The van der Waals surface area contributed by atoms with Gasteiger partial charge in [-0.05, 0) is 57.4 Å². The third kappa shape index (κ3) is 3.22. The molecular formula is C20H26FN3O3. The van der Waals surface area contributed by atoms with Gasteiger partial charge in [0.05, 0.1) is 17.9 Å². The van der Waals surface area contributed by atoms with Crippen LogP contribution in [-0.4, -0.2) is 62.5 Å². The number of aliphatic hydroxyl groups excluding tert-OH is 1. The third-order valence-electron chi connectivity index (χ3n) is 6.44. The zero-order valence-electron chi connectivity index (χ0n) is 15.4. The van der Waals surface area contributed by atoms with Gasteiger partial charge in [-0.25, -0.2) is 4.39 Å². The summed E-state index contributed by atoms with van der Waals surface area (Å²) in [6.45, 7) is 1.23. The van der Waals surface area contributed by atoms with E-state index < -0.39 is 11.4 Å². The molecule has 4 rings (SSSR count). The van der Waals surface area contributed by atoms with Crippen LogP contribution in [0.2, 0.25) is 0 Å². The lowest BCUT2D eigenvalue weighted by Gasteiger charge is -2.48. The number of amides is 2. The molecule has 1 spiro atoms. The van der Waals surface area contributed by atoms with Crippen LogP contribution in [0.4, 0.5) is 4.39 Å². The monoisotopic (exact) mass is 375 g/mol. The van der Waals surface area contributed by atoms with Crippen molar-refractivity contribution in [3.8, 4) is 0 Å². The van der Waals surface area contributed by atoms with E-state index in [2.05, 4.69) is 4.98 Å². The number of likely N-dealkylation sites (tertiary alicyclic amines) is 2. The molecule has 27 heavy (non-hydrogen) atoms. The van der Waals surface area contributed by atoms with Crippen LogP contribution >= 0.6 is 0 Å². The lowest BCUT2D eigenvalue weighted by atomic mass is 9.82. The minimum absolute atomic E-state index is 0.0327. The van der Waals surface area contributed by atoms with E-state index >= 15 is 0 Å². The summed E-state index contributed by atoms with van der Waals surface area (Å²) in [5.74, 6) is -0.828. The molecule has 0 aromatic carbocycles. The minimum atomic E-state index is -0.808. The average molecular weight is 375 g/mol. The molecule has 0 bridgehead atoms. The van der Waals surface area contributed by atoms with Gasteiger partial charge >= 0.3 is 0 Å². The minimum Gasteiger partial charge on any atom is -0.393 e. The second kappa shape index (κ2) is 7.19. The number of rotatable bonds is 2. The van der Waals surface area contributed by atoms with E-state index in [0.717, 1.165) is 44.7 Å². The van der Waals surface area contributed by atoms with E-state index in [0.29, 0.717) is 25.9 Å². The first-order chi connectivity index (χ1) is 13.0. The summed E-state index contributed by atoms with van der Waals surface area (Å²) >= 11 is 0. The molecule has 1 saturated carbocycles. The number of pyridine rings is 1. The quantitative estimate of drug-likeness (QED) is 0.859. The maximum absolute atomic E-state index is 13.5. The summed E-state index contributed by atoms with van der Waals surface area (Å²) in [7, 11) is 0. The molecule has 1 N–H and O–H groups in total. The second-order valence-corrected chi connectivity index (χ2v) is 8.05. The van der Waals surface area contributed by atoms with Gasteiger partial charge in [0.25, 0.3) is 5.91 Å². The molecule has 1 atom stereocenters. The molecule has 3 fully saturated rings. The summed E-state index contributed by atoms with van der Waals surface area (Å²) in [5, 5.41) is 9.77. The molecule has 1 aromatic heterocycles. The van der Waals surface area contributed by atoms with Crippen LogP contribution < -0.4 is 0 Å². The lowest BCUT2D eigenvalue weighted by Crippen LogP contribution is -2.63. The number of halogens is 1. The number of hydrogen-bond acceptors (Lipinski definition) is 4. The first kappa shape index (κ1) is 18.3. The largest absolute Gasteiger partial charge is 0.393 e. The van der Waals surface area contributed by atoms with Gasteiger partial charge in [-0.1, -0.05) is 0 Å². The Labute approximate surface area is 158 Å². The first-order valence-corrected chi connectivity index (χ1v) is 9.93. The van der Waals surface area contributed by atoms with E-state index in [9.17, 15) is 19.1 Å². The van der Waals surface area contributed by atoms with Gasteiger partial charge in [-0.3, -0.25) is 14.6 Å². The Morgan fingerprint density at radius 1 is 1.15 bits per heavy atom. The highest BCUT2D eigenvalue weighted by molar-refractivity contribution is 6.00.